The summed E-state index contributed by atoms with van der Waals surface area (Å²) in [6.45, 7) is 0.706. The molecule has 23 heavy (non-hydrogen) atoms. The Hall–Kier alpha value is -2.89. The van der Waals surface area contributed by atoms with Crippen molar-refractivity contribution in [2.75, 3.05) is 26.3 Å². The highest BCUT2D eigenvalue weighted by atomic mass is 16.7. The van der Waals surface area contributed by atoms with Gasteiger partial charge in [-0.1, -0.05) is 12.1 Å². The van der Waals surface area contributed by atoms with E-state index in [1.54, 1.807) is 25.1 Å². The second kappa shape index (κ2) is 6.48. The molecule has 0 spiro atoms. The first-order valence-electron chi connectivity index (χ1n) is 7.20. The van der Waals surface area contributed by atoms with Gasteiger partial charge in [0.1, 0.15) is 5.75 Å². The average Bonchev–Trinajstić information content (AvgIpc) is 3.02. The van der Waals surface area contributed by atoms with Gasteiger partial charge in [0, 0.05) is 25.3 Å². The van der Waals surface area contributed by atoms with Gasteiger partial charge in [0.15, 0.2) is 11.5 Å². The second-order valence-electron chi connectivity index (χ2n) is 5.21. The number of rotatable bonds is 4. The van der Waals surface area contributed by atoms with Crippen molar-refractivity contribution in [3.63, 3.8) is 0 Å². The fraction of sp³-hybridized carbons (Fsp3) is 0.235. The van der Waals surface area contributed by atoms with Crippen LogP contribution in [0, 0.1) is 0 Å². The molecule has 1 aliphatic rings. The first-order chi connectivity index (χ1) is 11.2. The van der Waals surface area contributed by atoms with E-state index in [4.69, 9.17) is 14.2 Å². The molecule has 1 N–H and O–H groups in total. The molecule has 0 atom stereocenters. The van der Waals surface area contributed by atoms with Gasteiger partial charge in [0.25, 0.3) is 0 Å². The van der Waals surface area contributed by atoms with Crippen molar-refractivity contribution in [1.82, 2.24) is 4.90 Å². The number of benzene rings is 2. The summed E-state index contributed by atoms with van der Waals surface area (Å²) in [7, 11) is 3.33. The molecule has 1 heterocycles. The summed E-state index contributed by atoms with van der Waals surface area (Å²) in [4.78, 5) is 13.9. The summed E-state index contributed by atoms with van der Waals surface area (Å²) in [6, 6.07) is 12.7. The van der Waals surface area contributed by atoms with E-state index in [0.717, 1.165) is 11.3 Å². The standard InChI is InChI=1S/C17H18N2O4/c1-19(10-12-6-7-15-16(8-12)23-11-22-15)17(20)18-13-4-3-5-14(9-13)21-2/h3-9H,10-11H2,1-2H3,(H,18,20). The fourth-order valence-electron chi connectivity index (χ4n) is 2.30. The maximum atomic E-state index is 12.3. The molecule has 0 saturated heterocycles. The quantitative estimate of drug-likeness (QED) is 0.942. The third-order valence-corrected chi connectivity index (χ3v) is 3.52. The van der Waals surface area contributed by atoms with Crippen LogP contribution in [-0.4, -0.2) is 31.9 Å². The van der Waals surface area contributed by atoms with Crippen LogP contribution in [0.4, 0.5) is 10.5 Å². The molecule has 0 bridgehead atoms. The third-order valence-electron chi connectivity index (χ3n) is 3.52. The number of ether oxygens (including phenoxy) is 3. The van der Waals surface area contributed by atoms with Crippen LogP contribution in [0.25, 0.3) is 0 Å². The lowest BCUT2D eigenvalue weighted by Gasteiger charge is -2.18. The lowest BCUT2D eigenvalue weighted by Crippen LogP contribution is -2.30. The Morgan fingerprint density at radius 2 is 2.04 bits per heavy atom. The molecule has 0 aromatic heterocycles. The molecule has 6 heteroatoms. The van der Waals surface area contributed by atoms with Crippen molar-refractivity contribution in [2.24, 2.45) is 0 Å². The van der Waals surface area contributed by atoms with Gasteiger partial charge < -0.3 is 24.4 Å². The number of urea groups is 1. The number of amides is 2. The van der Waals surface area contributed by atoms with E-state index in [2.05, 4.69) is 5.32 Å². The van der Waals surface area contributed by atoms with E-state index < -0.39 is 0 Å². The molecule has 0 saturated carbocycles. The zero-order valence-corrected chi connectivity index (χ0v) is 13.0. The molecule has 0 unspecified atom stereocenters. The summed E-state index contributed by atoms with van der Waals surface area (Å²) in [5, 5.41) is 2.84. The van der Waals surface area contributed by atoms with Crippen molar-refractivity contribution in [2.45, 2.75) is 6.54 Å². The lowest BCUT2D eigenvalue weighted by molar-refractivity contribution is 0.174. The number of carbonyl (C=O) groups is 1. The molecular weight excluding hydrogens is 296 g/mol. The van der Waals surface area contributed by atoms with E-state index in [-0.39, 0.29) is 12.8 Å². The Bertz CT molecular complexity index is 717. The molecular formula is C17H18N2O4. The van der Waals surface area contributed by atoms with Crippen molar-refractivity contribution >= 4 is 11.7 Å². The number of hydrogen-bond donors (Lipinski definition) is 1. The topological polar surface area (TPSA) is 60.0 Å². The maximum Gasteiger partial charge on any atom is 0.321 e. The Balaban J connectivity index is 1.63. The molecule has 0 fully saturated rings. The number of nitrogens with zero attached hydrogens (tertiary/aromatic N) is 1. The SMILES string of the molecule is COc1cccc(NC(=O)N(C)Cc2ccc3c(c2)OCO3)c1. The number of nitrogens with one attached hydrogen (secondary N) is 1. The Morgan fingerprint density at radius 3 is 2.87 bits per heavy atom. The van der Waals surface area contributed by atoms with E-state index in [0.29, 0.717) is 23.7 Å². The predicted molar refractivity (Wildman–Crippen MR) is 86.0 cm³/mol. The molecule has 120 valence electrons. The molecule has 3 rings (SSSR count). The highest BCUT2D eigenvalue weighted by molar-refractivity contribution is 5.89. The molecule has 0 radical (unpaired) electrons. The predicted octanol–water partition coefficient (Wildman–Crippen LogP) is 3.09. The monoisotopic (exact) mass is 314 g/mol. The minimum absolute atomic E-state index is 0.198. The smallest absolute Gasteiger partial charge is 0.321 e. The molecule has 6 nitrogen and oxygen atoms in total. The first-order valence-corrected chi connectivity index (χ1v) is 7.20. The second-order valence-corrected chi connectivity index (χ2v) is 5.21. The largest absolute Gasteiger partial charge is 0.497 e. The molecule has 0 aliphatic carbocycles. The highest BCUT2D eigenvalue weighted by Gasteiger charge is 2.15. The van der Waals surface area contributed by atoms with Gasteiger partial charge in [0.05, 0.1) is 7.11 Å². The van der Waals surface area contributed by atoms with Crippen LogP contribution in [-0.2, 0) is 6.54 Å². The van der Waals surface area contributed by atoms with Crippen LogP contribution in [0.1, 0.15) is 5.56 Å². The van der Waals surface area contributed by atoms with Crippen LogP contribution >= 0.6 is 0 Å². The number of anilines is 1. The normalized spacial score (nSPS) is 11.9. The first kappa shape index (κ1) is 15.0. The van der Waals surface area contributed by atoms with E-state index in [9.17, 15) is 4.79 Å². The Morgan fingerprint density at radius 1 is 1.22 bits per heavy atom. The zero-order valence-electron chi connectivity index (χ0n) is 13.0. The van der Waals surface area contributed by atoms with E-state index >= 15 is 0 Å². The maximum absolute atomic E-state index is 12.3. The number of carbonyl (C=O) groups excluding carboxylic acids is 1. The summed E-state index contributed by atoms with van der Waals surface area (Å²) < 4.78 is 15.8. The molecule has 2 amide bonds. The lowest BCUT2D eigenvalue weighted by atomic mass is 10.2. The van der Waals surface area contributed by atoms with Gasteiger partial charge in [-0.3, -0.25) is 0 Å². The van der Waals surface area contributed by atoms with Crippen molar-refractivity contribution in [1.29, 1.82) is 0 Å². The summed E-state index contributed by atoms with van der Waals surface area (Å²) in [5.41, 5.74) is 1.66. The Labute approximate surface area is 134 Å². The number of methoxy groups -OCH3 is 1. The molecule has 1 aliphatic heterocycles. The number of fused-ring (bicyclic) bond motifs is 1. The fourth-order valence-corrected chi connectivity index (χ4v) is 2.30. The van der Waals surface area contributed by atoms with Crippen molar-refractivity contribution in [3.8, 4) is 17.2 Å². The molecule has 2 aromatic carbocycles. The van der Waals surface area contributed by atoms with Gasteiger partial charge in [-0.15, -0.1) is 0 Å². The summed E-state index contributed by atoms with van der Waals surface area (Å²) in [6.07, 6.45) is 0. The van der Waals surface area contributed by atoms with Gasteiger partial charge in [0.2, 0.25) is 6.79 Å². The highest BCUT2D eigenvalue weighted by Crippen LogP contribution is 2.32. The number of hydrogen-bond acceptors (Lipinski definition) is 4. The van der Waals surface area contributed by atoms with Crippen LogP contribution in [0.3, 0.4) is 0 Å². The molecule has 2 aromatic rings. The minimum atomic E-state index is -0.198. The summed E-state index contributed by atoms with van der Waals surface area (Å²) in [5.74, 6) is 2.14. The van der Waals surface area contributed by atoms with E-state index in [1.165, 1.54) is 0 Å². The van der Waals surface area contributed by atoms with Crippen LogP contribution < -0.4 is 19.5 Å². The van der Waals surface area contributed by atoms with E-state index in [1.807, 2.05) is 36.4 Å². The Kier molecular flexibility index (Phi) is 4.23. The van der Waals surface area contributed by atoms with Gasteiger partial charge in [-0.05, 0) is 29.8 Å². The van der Waals surface area contributed by atoms with Gasteiger partial charge in [-0.2, -0.15) is 0 Å². The third kappa shape index (κ3) is 3.48. The van der Waals surface area contributed by atoms with Crippen molar-refractivity contribution < 1.29 is 19.0 Å². The van der Waals surface area contributed by atoms with Crippen LogP contribution in [0.5, 0.6) is 17.2 Å². The zero-order chi connectivity index (χ0) is 16.2. The van der Waals surface area contributed by atoms with Gasteiger partial charge in [-0.25, -0.2) is 4.79 Å². The van der Waals surface area contributed by atoms with Crippen LogP contribution in [0.15, 0.2) is 42.5 Å². The van der Waals surface area contributed by atoms with Crippen LogP contribution in [0.2, 0.25) is 0 Å². The van der Waals surface area contributed by atoms with Gasteiger partial charge >= 0.3 is 6.03 Å². The minimum Gasteiger partial charge on any atom is -0.497 e. The average molecular weight is 314 g/mol. The summed E-state index contributed by atoms with van der Waals surface area (Å²) >= 11 is 0. The van der Waals surface area contributed by atoms with Crippen molar-refractivity contribution in [3.05, 3.63) is 48.0 Å².